The standard InChI is InChI=1S/C5H3Cl4N3O/c6-1(7)3-10-4(2(8)9)12-5(13)11-3/h1-2H,(H,10,11,12,13). The highest BCUT2D eigenvalue weighted by molar-refractivity contribution is 6.44. The molecule has 1 aromatic heterocycles. The lowest BCUT2D eigenvalue weighted by molar-refractivity contribution is 0.846. The maximum atomic E-state index is 10.9. The third kappa shape index (κ3) is 2.98. The van der Waals surface area contributed by atoms with Crippen molar-refractivity contribution in [3.63, 3.8) is 0 Å². The van der Waals surface area contributed by atoms with Gasteiger partial charge in [0.15, 0.2) is 15.5 Å². The van der Waals surface area contributed by atoms with Crippen LogP contribution in [0.4, 0.5) is 0 Å². The number of aromatic amines is 1. The summed E-state index contributed by atoms with van der Waals surface area (Å²) < 4.78 is 0. The van der Waals surface area contributed by atoms with Crippen molar-refractivity contribution in [2.75, 3.05) is 0 Å². The summed E-state index contributed by atoms with van der Waals surface area (Å²) in [4.78, 5) is 18.4. The minimum atomic E-state index is -0.979. The molecule has 4 nitrogen and oxygen atoms in total. The van der Waals surface area contributed by atoms with Gasteiger partial charge in [0.05, 0.1) is 0 Å². The highest BCUT2D eigenvalue weighted by Gasteiger charge is 2.13. The number of nitrogens with one attached hydrogen (secondary N) is 1. The fourth-order valence-electron chi connectivity index (χ4n) is 0.619. The molecule has 0 bridgehead atoms. The number of rotatable bonds is 2. The second kappa shape index (κ2) is 4.46. The molecule has 1 heterocycles. The van der Waals surface area contributed by atoms with Crippen molar-refractivity contribution in [3.8, 4) is 0 Å². The molecular weight excluding hydrogens is 260 g/mol. The van der Waals surface area contributed by atoms with Gasteiger partial charge in [-0.15, -0.1) is 0 Å². The van der Waals surface area contributed by atoms with Crippen LogP contribution < -0.4 is 5.69 Å². The predicted molar refractivity (Wildman–Crippen MR) is 51.5 cm³/mol. The van der Waals surface area contributed by atoms with Gasteiger partial charge in [-0.25, -0.2) is 9.78 Å². The number of nitrogens with zero attached hydrogens (tertiary/aromatic N) is 2. The van der Waals surface area contributed by atoms with Gasteiger partial charge in [0.2, 0.25) is 0 Å². The molecule has 0 aliphatic heterocycles. The van der Waals surface area contributed by atoms with Crippen LogP contribution in [0.3, 0.4) is 0 Å². The van der Waals surface area contributed by atoms with Crippen molar-refractivity contribution in [1.82, 2.24) is 15.0 Å². The molecule has 8 heteroatoms. The minimum Gasteiger partial charge on any atom is -0.292 e. The molecular formula is C5H3Cl4N3O. The summed E-state index contributed by atoms with van der Waals surface area (Å²) in [6.07, 6.45) is 0. The van der Waals surface area contributed by atoms with E-state index in [4.69, 9.17) is 46.4 Å². The van der Waals surface area contributed by atoms with E-state index < -0.39 is 15.4 Å². The first-order valence-electron chi connectivity index (χ1n) is 3.05. The summed E-state index contributed by atoms with van der Waals surface area (Å²) >= 11 is 21.8. The Hall–Kier alpha value is -0.0300. The normalized spacial score (nSPS) is 11.2. The molecule has 0 aliphatic carbocycles. The number of hydrogen-bond donors (Lipinski definition) is 1. The van der Waals surface area contributed by atoms with Gasteiger partial charge < -0.3 is 0 Å². The lowest BCUT2D eigenvalue weighted by Gasteiger charge is -2.02. The lowest BCUT2D eigenvalue weighted by Crippen LogP contribution is -2.18. The van der Waals surface area contributed by atoms with Crippen LogP contribution in [0.5, 0.6) is 0 Å². The summed E-state index contributed by atoms with van der Waals surface area (Å²) in [6.45, 7) is 0. The maximum absolute atomic E-state index is 10.9. The van der Waals surface area contributed by atoms with Crippen molar-refractivity contribution in [1.29, 1.82) is 0 Å². The largest absolute Gasteiger partial charge is 0.348 e. The average Bonchev–Trinajstić information content (AvgIpc) is 2.03. The second-order valence-corrected chi connectivity index (χ2v) is 4.19. The van der Waals surface area contributed by atoms with E-state index in [-0.39, 0.29) is 11.6 Å². The first kappa shape index (κ1) is 11.0. The van der Waals surface area contributed by atoms with Crippen molar-refractivity contribution in [2.45, 2.75) is 9.67 Å². The Morgan fingerprint density at radius 2 is 1.69 bits per heavy atom. The highest BCUT2D eigenvalue weighted by Crippen LogP contribution is 2.23. The predicted octanol–water partition coefficient (Wildman–Crippen LogP) is 2.12. The molecule has 0 saturated heterocycles. The van der Waals surface area contributed by atoms with Crippen LogP contribution in [0.15, 0.2) is 4.79 Å². The van der Waals surface area contributed by atoms with Gasteiger partial charge in [-0.3, -0.25) is 4.98 Å². The lowest BCUT2D eigenvalue weighted by atomic mass is 10.6. The van der Waals surface area contributed by atoms with Crippen LogP contribution in [0.2, 0.25) is 0 Å². The number of alkyl halides is 4. The molecule has 1 rings (SSSR count). The van der Waals surface area contributed by atoms with Crippen LogP contribution in [0.25, 0.3) is 0 Å². The molecule has 0 aromatic carbocycles. The van der Waals surface area contributed by atoms with Crippen LogP contribution in [0.1, 0.15) is 21.3 Å². The third-order valence-electron chi connectivity index (χ3n) is 1.09. The molecule has 1 aromatic rings. The third-order valence-corrected chi connectivity index (χ3v) is 1.89. The summed E-state index contributed by atoms with van der Waals surface area (Å²) in [5.41, 5.74) is -0.641. The van der Waals surface area contributed by atoms with E-state index >= 15 is 0 Å². The van der Waals surface area contributed by atoms with E-state index in [0.717, 1.165) is 0 Å². The number of hydrogen-bond acceptors (Lipinski definition) is 3. The summed E-state index contributed by atoms with van der Waals surface area (Å²) in [5.74, 6) is 0.0537. The van der Waals surface area contributed by atoms with Crippen LogP contribution in [-0.2, 0) is 0 Å². The van der Waals surface area contributed by atoms with Gasteiger partial charge in [-0.05, 0) is 0 Å². The summed E-state index contributed by atoms with van der Waals surface area (Å²) in [5, 5.41) is 0. The molecule has 0 fully saturated rings. The fraction of sp³-hybridized carbons (Fsp3) is 0.400. The molecule has 72 valence electrons. The Morgan fingerprint density at radius 1 is 1.08 bits per heavy atom. The fourth-order valence-corrected chi connectivity index (χ4v) is 1.02. The van der Waals surface area contributed by atoms with E-state index in [1.54, 1.807) is 0 Å². The maximum Gasteiger partial charge on any atom is 0.348 e. The van der Waals surface area contributed by atoms with Crippen LogP contribution >= 0.6 is 46.4 Å². The highest BCUT2D eigenvalue weighted by atomic mass is 35.5. The summed E-state index contributed by atoms with van der Waals surface area (Å²) in [7, 11) is 0. The Bertz CT molecular complexity index is 321. The smallest absolute Gasteiger partial charge is 0.292 e. The monoisotopic (exact) mass is 261 g/mol. The zero-order valence-electron chi connectivity index (χ0n) is 5.97. The molecule has 1 N–H and O–H groups in total. The first-order chi connectivity index (χ1) is 6.00. The minimum absolute atomic E-state index is 0.0200. The van der Waals surface area contributed by atoms with Crippen molar-refractivity contribution < 1.29 is 0 Å². The molecule has 0 atom stereocenters. The topological polar surface area (TPSA) is 58.6 Å². The van der Waals surface area contributed by atoms with Crippen molar-refractivity contribution in [3.05, 3.63) is 22.1 Å². The molecule has 13 heavy (non-hydrogen) atoms. The number of halogens is 4. The van der Waals surface area contributed by atoms with E-state index in [0.29, 0.717) is 0 Å². The van der Waals surface area contributed by atoms with Gasteiger partial charge in [0, 0.05) is 0 Å². The van der Waals surface area contributed by atoms with E-state index in [2.05, 4.69) is 15.0 Å². The molecule has 0 saturated carbocycles. The summed E-state index contributed by atoms with van der Waals surface area (Å²) in [6, 6.07) is 0. The Morgan fingerprint density at radius 3 is 2.15 bits per heavy atom. The quantitative estimate of drug-likeness (QED) is 0.831. The van der Waals surface area contributed by atoms with Gasteiger partial charge in [0.25, 0.3) is 0 Å². The van der Waals surface area contributed by atoms with Crippen molar-refractivity contribution >= 4 is 46.4 Å². The molecule has 0 spiro atoms. The van der Waals surface area contributed by atoms with E-state index in [1.807, 2.05) is 0 Å². The zero-order valence-corrected chi connectivity index (χ0v) is 8.99. The molecule has 0 aliphatic rings. The molecule has 0 unspecified atom stereocenters. The van der Waals surface area contributed by atoms with Crippen LogP contribution in [0, 0.1) is 0 Å². The number of H-pyrrole nitrogens is 1. The first-order valence-corrected chi connectivity index (χ1v) is 4.79. The van der Waals surface area contributed by atoms with Gasteiger partial charge in [-0.1, -0.05) is 46.4 Å². The van der Waals surface area contributed by atoms with E-state index in [9.17, 15) is 4.79 Å². The van der Waals surface area contributed by atoms with Gasteiger partial charge in [-0.2, -0.15) is 4.98 Å². The Labute approximate surface area is 93.2 Å². The van der Waals surface area contributed by atoms with Crippen LogP contribution in [-0.4, -0.2) is 15.0 Å². The van der Waals surface area contributed by atoms with Gasteiger partial charge in [0.1, 0.15) is 5.82 Å². The van der Waals surface area contributed by atoms with Crippen molar-refractivity contribution in [2.24, 2.45) is 0 Å². The Kier molecular flexibility index (Phi) is 3.79. The Balaban J connectivity index is 3.19. The SMILES string of the molecule is O=c1nc(C(Cl)Cl)nc(C(Cl)Cl)[nH]1. The molecule has 0 amide bonds. The molecule has 0 radical (unpaired) electrons. The zero-order chi connectivity index (χ0) is 10.0. The average molecular weight is 263 g/mol. The second-order valence-electron chi connectivity index (χ2n) is 2.00. The van der Waals surface area contributed by atoms with E-state index in [1.165, 1.54) is 0 Å². The van der Waals surface area contributed by atoms with Gasteiger partial charge >= 0.3 is 5.69 Å². The number of aromatic nitrogens is 3.